The van der Waals surface area contributed by atoms with Crippen LogP contribution in [0.25, 0.3) is 0 Å². The molecule has 0 radical (unpaired) electrons. The van der Waals surface area contributed by atoms with Crippen molar-refractivity contribution in [3.63, 3.8) is 0 Å². The van der Waals surface area contributed by atoms with Gasteiger partial charge in [0, 0.05) is 44.9 Å². The zero-order valence-corrected chi connectivity index (χ0v) is 13.5. The molecule has 0 bridgehead atoms. The molecule has 2 fully saturated rings. The van der Waals surface area contributed by atoms with Crippen LogP contribution in [0, 0.1) is 0 Å². The van der Waals surface area contributed by atoms with E-state index >= 15 is 0 Å². The van der Waals surface area contributed by atoms with Crippen LogP contribution in [0.5, 0.6) is 5.75 Å². The van der Waals surface area contributed by atoms with Crippen molar-refractivity contribution in [3.05, 3.63) is 29.8 Å². The number of hydrogen-bond donors (Lipinski definition) is 1. The van der Waals surface area contributed by atoms with Crippen molar-refractivity contribution in [1.29, 1.82) is 0 Å². The van der Waals surface area contributed by atoms with Crippen LogP contribution in [0.3, 0.4) is 0 Å². The Morgan fingerprint density at radius 2 is 2.17 bits per heavy atom. The summed E-state index contributed by atoms with van der Waals surface area (Å²) in [5.41, 5.74) is 0.645. The number of rotatable bonds is 5. The molecule has 6 nitrogen and oxygen atoms in total. The number of carbonyl (C=O) groups is 1. The molecule has 0 aliphatic carbocycles. The largest absolute Gasteiger partial charge is 0.491 e. The Morgan fingerprint density at radius 1 is 1.30 bits per heavy atom. The van der Waals surface area contributed by atoms with Gasteiger partial charge in [0.05, 0.1) is 12.7 Å². The number of aliphatic hydroxyl groups excluding tert-OH is 1. The number of carbonyl (C=O) groups excluding carboxylic acids is 1. The second kappa shape index (κ2) is 7.29. The summed E-state index contributed by atoms with van der Waals surface area (Å²) in [5, 5.41) is 9.77. The number of nitrogens with zero attached hydrogens (tertiary/aromatic N) is 2. The molecule has 1 aromatic rings. The maximum atomic E-state index is 12.7. The number of methoxy groups -OCH3 is 1. The zero-order valence-electron chi connectivity index (χ0n) is 13.5. The zero-order chi connectivity index (χ0) is 16.2. The average molecular weight is 320 g/mol. The Labute approximate surface area is 136 Å². The second-order valence-corrected chi connectivity index (χ2v) is 6.16. The van der Waals surface area contributed by atoms with Gasteiger partial charge in [-0.1, -0.05) is 6.07 Å². The Morgan fingerprint density at radius 3 is 3.00 bits per heavy atom. The molecule has 0 saturated carbocycles. The number of hydrogen-bond acceptors (Lipinski definition) is 5. The maximum Gasteiger partial charge on any atom is 0.254 e. The van der Waals surface area contributed by atoms with Gasteiger partial charge in [-0.05, 0) is 24.6 Å². The monoisotopic (exact) mass is 320 g/mol. The van der Waals surface area contributed by atoms with Crippen molar-refractivity contribution in [1.82, 2.24) is 9.80 Å². The fourth-order valence-corrected chi connectivity index (χ4v) is 3.34. The number of piperazine rings is 1. The van der Waals surface area contributed by atoms with Crippen molar-refractivity contribution >= 4 is 5.91 Å². The van der Waals surface area contributed by atoms with E-state index in [1.807, 2.05) is 23.1 Å². The van der Waals surface area contributed by atoms with E-state index in [0.717, 1.165) is 19.5 Å². The number of benzene rings is 1. The predicted molar refractivity (Wildman–Crippen MR) is 85.7 cm³/mol. The van der Waals surface area contributed by atoms with E-state index in [-0.39, 0.29) is 18.1 Å². The van der Waals surface area contributed by atoms with Gasteiger partial charge in [-0.15, -0.1) is 0 Å². The SMILES string of the molecule is COCCOc1cccc(C(=O)N2CCN3C[C@H](O)C[C@H]3C2)c1. The van der Waals surface area contributed by atoms with Crippen molar-refractivity contribution in [2.75, 3.05) is 46.5 Å². The van der Waals surface area contributed by atoms with Gasteiger partial charge in [-0.2, -0.15) is 0 Å². The highest BCUT2D eigenvalue weighted by molar-refractivity contribution is 5.94. The van der Waals surface area contributed by atoms with E-state index in [1.165, 1.54) is 0 Å². The molecule has 1 aromatic carbocycles. The number of amides is 1. The van der Waals surface area contributed by atoms with Gasteiger partial charge in [-0.3, -0.25) is 9.69 Å². The molecule has 23 heavy (non-hydrogen) atoms. The highest BCUT2D eigenvalue weighted by Gasteiger charge is 2.36. The normalized spacial score (nSPS) is 24.5. The lowest BCUT2D eigenvalue weighted by Gasteiger charge is -2.37. The van der Waals surface area contributed by atoms with Gasteiger partial charge >= 0.3 is 0 Å². The first-order valence-corrected chi connectivity index (χ1v) is 8.10. The minimum Gasteiger partial charge on any atom is -0.491 e. The van der Waals surface area contributed by atoms with Gasteiger partial charge in [0.2, 0.25) is 0 Å². The summed E-state index contributed by atoms with van der Waals surface area (Å²) >= 11 is 0. The molecule has 0 spiro atoms. The Kier molecular flexibility index (Phi) is 5.15. The van der Waals surface area contributed by atoms with Crippen LogP contribution in [-0.2, 0) is 4.74 Å². The molecule has 0 unspecified atom stereocenters. The summed E-state index contributed by atoms with van der Waals surface area (Å²) in [6, 6.07) is 7.57. The average Bonchev–Trinajstić information content (AvgIpc) is 2.94. The quantitative estimate of drug-likeness (QED) is 0.805. The van der Waals surface area contributed by atoms with E-state index < -0.39 is 0 Å². The number of ether oxygens (including phenoxy) is 2. The lowest BCUT2D eigenvalue weighted by Crippen LogP contribution is -2.52. The highest BCUT2D eigenvalue weighted by Crippen LogP contribution is 2.23. The molecule has 1 N–H and O–H groups in total. The first-order chi connectivity index (χ1) is 11.2. The molecule has 3 rings (SSSR count). The number of aliphatic hydroxyl groups is 1. The van der Waals surface area contributed by atoms with Crippen molar-refractivity contribution in [2.45, 2.75) is 18.6 Å². The summed E-state index contributed by atoms with van der Waals surface area (Å²) in [4.78, 5) is 16.9. The van der Waals surface area contributed by atoms with E-state index in [2.05, 4.69) is 4.90 Å². The molecule has 6 heteroatoms. The van der Waals surface area contributed by atoms with Crippen LogP contribution in [0.15, 0.2) is 24.3 Å². The van der Waals surface area contributed by atoms with Crippen molar-refractivity contribution in [3.8, 4) is 5.75 Å². The molecule has 126 valence electrons. The summed E-state index contributed by atoms with van der Waals surface area (Å²) in [7, 11) is 1.63. The molecule has 0 aromatic heterocycles. The summed E-state index contributed by atoms with van der Waals surface area (Å²) in [6.45, 7) is 3.94. The summed E-state index contributed by atoms with van der Waals surface area (Å²) in [5.74, 6) is 0.714. The molecule has 2 saturated heterocycles. The van der Waals surface area contributed by atoms with E-state index in [0.29, 0.717) is 37.6 Å². The lowest BCUT2D eigenvalue weighted by molar-refractivity contribution is 0.0569. The van der Waals surface area contributed by atoms with Gasteiger partial charge in [-0.25, -0.2) is 0 Å². The van der Waals surface area contributed by atoms with Crippen LogP contribution in [0.1, 0.15) is 16.8 Å². The summed E-state index contributed by atoms with van der Waals surface area (Å²) < 4.78 is 10.5. The molecule has 2 atom stereocenters. The fraction of sp³-hybridized carbons (Fsp3) is 0.588. The van der Waals surface area contributed by atoms with E-state index in [1.54, 1.807) is 13.2 Å². The second-order valence-electron chi connectivity index (χ2n) is 6.16. The van der Waals surface area contributed by atoms with E-state index in [9.17, 15) is 9.90 Å². The van der Waals surface area contributed by atoms with Gasteiger partial charge in [0.15, 0.2) is 0 Å². The van der Waals surface area contributed by atoms with E-state index in [4.69, 9.17) is 9.47 Å². The maximum absolute atomic E-state index is 12.7. The van der Waals surface area contributed by atoms with Crippen LogP contribution >= 0.6 is 0 Å². The Bertz CT molecular complexity index is 551. The van der Waals surface area contributed by atoms with Gasteiger partial charge in [0.1, 0.15) is 12.4 Å². The molecule has 2 heterocycles. The van der Waals surface area contributed by atoms with Gasteiger partial charge < -0.3 is 19.5 Å². The fourth-order valence-electron chi connectivity index (χ4n) is 3.34. The first-order valence-electron chi connectivity index (χ1n) is 8.10. The third kappa shape index (κ3) is 3.83. The Balaban J connectivity index is 1.62. The van der Waals surface area contributed by atoms with Crippen LogP contribution in [-0.4, -0.2) is 79.5 Å². The van der Waals surface area contributed by atoms with Crippen molar-refractivity contribution in [2.24, 2.45) is 0 Å². The molecule has 1 amide bonds. The Hall–Kier alpha value is -1.63. The minimum absolute atomic E-state index is 0.0308. The topological polar surface area (TPSA) is 62.2 Å². The van der Waals surface area contributed by atoms with Crippen LogP contribution in [0.2, 0.25) is 0 Å². The van der Waals surface area contributed by atoms with Crippen LogP contribution in [0.4, 0.5) is 0 Å². The number of fused-ring (bicyclic) bond motifs is 1. The molecule has 2 aliphatic rings. The first kappa shape index (κ1) is 16.2. The molecular weight excluding hydrogens is 296 g/mol. The third-order valence-electron chi connectivity index (χ3n) is 4.52. The summed E-state index contributed by atoms with van der Waals surface area (Å²) in [6.07, 6.45) is 0.497. The van der Waals surface area contributed by atoms with Crippen LogP contribution < -0.4 is 4.74 Å². The lowest BCUT2D eigenvalue weighted by atomic mass is 10.1. The highest BCUT2D eigenvalue weighted by atomic mass is 16.5. The predicted octanol–water partition coefficient (Wildman–Crippen LogP) is 0.603. The molecule has 2 aliphatic heterocycles. The standard InChI is InChI=1S/C17H24N2O4/c1-22-7-8-23-16-4-2-3-13(9-16)17(21)19-6-5-18-12-15(20)10-14(18)11-19/h2-4,9,14-15,20H,5-8,10-12H2,1H3/t14-,15+/m0/s1. The smallest absolute Gasteiger partial charge is 0.254 e. The van der Waals surface area contributed by atoms with Gasteiger partial charge in [0.25, 0.3) is 5.91 Å². The van der Waals surface area contributed by atoms with Crippen molar-refractivity contribution < 1.29 is 19.4 Å². The minimum atomic E-state index is -0.257. The third-order valence-corrected chi connectivity index (χ3v) is 4.52. The molecular formula is C17H24N2O4.